The molecule has 1 N–H and O–H groups in total. The Morgan fingerprint density at radius 2 is 1.71 bits per heavy atom. The summed E-state index contributed by atoms with van der Waals surface area (Å²) in [6.07, 6.45) is 0.751. The van der Waals surface area contributed by atoms with Gasteiger partial charge in [-0.2, -0.15) is 0 Å². The van der Waals surface area contributed by atoms with Crippen molar-refractivity contribution < 1.29 is 4.79 Å². The summed E-state index contributed by atoms with van der Waals surface area (Å²) in [5, 5.41) is 3.30. The van der Waals surface area contributed by atoms with Crippen LogP contribution in [0.15, 0.2) is 64.3 Å². The molecule has 28 heavy (non-hydrogen) atoms. The number of amides is 1. The van der Waals surface area contributed by atoms with Gasteiger partial charge < -0.3 is 9.88 Å². The van der Waals surface area contributed by atoms with Gasteiger partial charge in [0.25, 0.3) is 11.5 Å². The molecule has 1 aromatic heterocycles. The maximum absolute atomic E-state index is 13.4. The lowest BCUT2D eigenvalue weighted by Crippen LogP contribution is -2.48. The number of nitrogens with one attached hydrogen (secondary N) is 1. The molecule has 1 amide bonds. The zero-order chi connectivity index (χ0) is 20.0. The zero-order valence-electron chi connectivity index (χ0n) is 15.8. The van der Waals surface area contributed by atoms with Crippen molar-refractivity contribution in [2.24, 2.45) is 14.1 Å². The number of anilines is 2. The standard InChI is InChI=1S/C21H20N4O3/c1-13-7-6-8-14(11-13)25-18(16-12-23(2)21(28)24(3)19(16)26)22-17-10-5-4-9-15(17)20(25)27/h4-12,18,22H,1-3H3/t18-/m1/s1. The summed E-state index contributed by atoms with van der Waals surface area (Å²) < 4.78 is 2.40. The third-order valence-corrected chi connectivity index (χ3v) is 4.97. The van der Waals surface area contributed by atoms with E-state index >= 15 is 0 Å². The van der Waals surface area contributed by atoms with Crippen LogP contribution in [0, 0.1) is 6.92 Å². The molecule has 2 aromatic carbocycles. The Bertz CT molecular complexity index is 1210. The van der Waals surface area contributed by atoms with Gasteiger partial charge in [-0.15, -0.1) is 0 Å². The number of fused-ring (bicyclic) bond motifs is 1. The van der Waals surface area contributed by atoms with Gasteiger partial charge in [-0.1, -0.05) is 24.3 Å². The van der Waals surface area contributed by atoms with E-state index < -0.39 is 17.4 Å². The molecule has 0 bridgehead atoms. The second kappa shape index (κ2) is 6.53. The number of hydrogen-bond acceptors (Lipinski definition) is 4. The predicted molar refractivity (Wildman–Crippen MR) is 108 cm³/mol. The second-order valence-electron chi connectivity index (χ2n) is 6.95. The molecule has 0 spiro atoms. The van der Waals surface area contributed by atoms with Crippen LogP contribution in [0.25, 0.3) is 0 Å². The number of carbonyl (C=O) groups excluding carboxylic acids is 1. The molecule has 4 rings (SSSR count). The first-order chi connectivity index (χ1) is 13.4. The van der Waals surface area contributed by atoms with Gasteiger partial charge >= 0.3 is 5.69 Å². The van der Waals surface area contributed by atoms with Gasteiger partial charge in [0.1, 0.15) is 6.17 Å². The molecule has 0 radical (unpaired) electrons. The third-order valence-electron chi connectivity index (χ3n) is 4.97. The molecule has 1 aliphatic rings. The number of para-hydroxylation sites is 1. The first kappa shape index (κ1) is 17.8. The second-order valence-corrected chi connectivity index (χ2v) is 6.95. The fraction of sp³-hybridized carbons (Fsp3) is 0.190. The number of rotatable bonds is 2. The first-order valence-electron chi connectivity index (χ1n) is 8.91. The average molecular weight is 376 g/mol. The van der Waals surface area contributed by atoms with Crippen molar-refractivity contribution in [1.82, 2.24) is 9.13 Å². The zero-order valence-corrected chi connectivity index (χ0v) is 15.8. The van der Waals surface area contributed by atoms with Crippen LogP contribution in [-0.2, 0) is 14.1 Å². The van der Waals surface area contributed by atoms with Gasteiger partial charge in [-0.25, -0.2) is 4.79 Å². The maximum atomic E-state index is 13.4. The Morgan fingerprint density at radius 3 is 2.46 bits per heavy atom. The van der Waals surface area contributed by atoms with Gasteiger partial charge in [0.15, 0.2) is 0 Å². The Kier molecular flexibility index (Phi) is 4.15. The van der Waals surface area contributed by atoms with Gasteiger partial charge in [0.05, 0.1) is 11.1 Å². The Balaban J connectivity index is 1.97. The van der Waals surface area contributed by atoms with E-state index in [-0.39, 0.29) is 5.91 Å². The molecule has 0 aliphatic carbocycles. The summed E-state index contributed by atoms with van der Waals surface area (Å²) in [5.41, 5.74) is 2.31. The molecule has 1 atom stereocenters. The summed E-state index contributed by atoms with van der Waals surface area (Å²) in [7, 11) is 3.02. The van der Waals surface area contributed by atoms with E-state index in [1.54, 1.807) is 30.1 Å². The van der Waals surface area contributed by atoms with Crippen molar-refractivity contribution in [2.75, 3.05) is 10.2 Å². The first-order valence-corrected chi connectivity index (χ1v) is 8.91. The number of aromatic nitrogens is 2. The SMILES string of the molecule is Cc1cccc(N2C(=O)c3ccccc3N[C@H]2c2cn(C)c(=O)n(C)c2=O)c1. The van der Waals surface area contributed by atoms with Crippen LogP contribution in [0.2, 0.25) is 0 Å². The molecule has 7 heteroatoms. The molecule has 2 heterocycles. The molecular weight excluding hydrogens is 356 g/mol. The van der Waals surface area contributed by atoms with E-state index in [0.717, 1.165) is 10.1 Å². The van der Waals surface area contributed by atoms with Crippen molar-refractivity contribution >= 4 is 17.3 Å². The van der Waals surface area contributed by atoms with Crippen molar-refractivity contribution in [3.8, 4) is 0 Å². The molecule has 0 unspecified atom stereocenters. The van der Waals surface area contributed by atoms with Crippen LogP contribution < -0.4 is 21.5 Å². The van der Waals surface area contributed by atoms with Crippen molar-refractivity contribution in [3.05, 3.63) is 92.3 Å². The lowest BCUT2D eigenvalue weighted by Gasteiger charge is -2.38. The highest BCUT2D eigenvalue weighted by Gasteiger charge is 2.36. The normalized spacial score (nSPS) is 15.9. The largest absolute Gasteiger partial charge is 0.360 e. The fourth-order valence-corrected chi connectivity index (χ4v) is 3.54. The molecule has 0 saturated carbocycles. The molecular formula is C21H20N4O3. The van der Waals surface area contributed by atoms with E-state index in [0.29, 0.717) is 22.5 Å². The summed E-state index contributed by atoms with van der Waals surface area (Å²) in [6.45, 7) is 1.94. The Labute approximate surface area is 161 Å². The van der Waals surface area contributed by atoms with Gasteiger partial charge in [0, 0.05) is 31.7 Å². The monoisotopic (exact) mass is 376 g/mol. The lowest BCUT2D eigenvalue weighted by molar-refractivity contribution is 0.0974. The highest BCUT2D eigenvalue weighted by Crippen LogP contribution is 2.35. The van der Waals surface area contributed by atoms with E-state index in [4.69, 9.17) is 0 Å². The van der Waals surface area contributed by atoms with Crippen molar-refractivity contribution in [2.45, 2.75) is 13.1 Å². The molecule has 1 aliphatic heterocycles. The number of aryl methyl sites for hydroxylation is 2. The smallest absolute Gasteiger partial charge is 0.330 e. The molecule has 3 aromatic rings. The highest BCUT2D eigenvalue weighted by molar-refractivity contribution is 6.12. The molecule has 7 nitrogen and oxygen atoms in total. The topological polar surface area (TPSA) is 76.3 Å². The van der Waals surface area contributed by atoms with E-state index in [1.165, 1.54) is 17.8 Å². The number of hydrogen-bond donors (Lipinski definition) is 1. The van der Waals surface area contributed by atoms with Crippen LogP contribution in [0.1, 0.15) is 27.7 Å². The van der Waals surface area contributed by atoms with Crippen molar-refractivity contribution in [1.29, 1.82) is 0 Å². The van der Waals surface area contributed by atoms with Crippen LogP contribution in [0.5, 0.6) is 0 Å². The van der Waals surface area contributed by atoms with Crippen LogP contribution in [-0.4, -0.2) is 15.0 Å². The average Bonchev–Trinajstić information content (AvgIpc) is 2.69. The number of nitrogens with zero attached hydrogens (tertiary/aromatic N) is 3. The minimum Gasteiger partial charge on any atom is -0.360 e. The summed E-state index contributed by atoms with van der Waals surface area (Å²) >= 11 is 0. The Morgan fingerprint density at radius 1 is 0.964 bits per heavy atom. The molecule has 142 valence electrons. The van der Waals surface area contributed by atoms with Gasteiger partial charge in [0.2, 0.25) is 0 Å². The van der Waals surface area contributed by atoms with Gasteiger partial charge in [-0.3, -0.25) is 19.1 Å². The van der Waals surface area contributed by atoms with E-state index in [9.17, 15) is 14.4 Å². The fourth-order valence-electron chi connectivity index (χ4n) is 3.54. The minimum absolute atomic E-state index is 0.208. The molecule has 0 fully saturated rings. The highest BCUT2D eigenvalue weighted by atomic mass is 16.2. The third kappa shape index (κ3) is 2.72. The molecule has 0 saturated heterocycles. The van der Waals surface area contributed by atoms with Crippen molar-refractivity contribution in [3.63, 3.8) is 0 Å². The summed E-state index contributed by atoms with van der Waals surface area (Å²) in [5.74, 6) is -0.208. The van der Waals surface area contributed by atoms with E-state index in [1.807, 2.05) is 37.3 Å². The summed E-state index contributed by atoms with van der Waals surface area (Å²) in [4.78, 5) is 39.9. The minimum atomic E-state index is -0.741. The number of benzene rings is 2. The van der Waals surface area contributed by atoms with Crippen LogP contribution >= 0.6 is 0 Å². The predicted octanol–water partition coefficient (Wildman–Crippen LogP) is 2.16. The number of carbonyl (C=O) groups is 1. The lowest BCUT2D eigenvalue weighted by atomic mass is 10.0. The van der Waals surface area contributed by atoms with Crippen LogP contribution in [0.3, 0.4) is 0 Å². The maximum Gasteiger partial charge on any atom is 0.330 e. The quantitative estimate of drug-likeness (QED) is 0.744. The Hall–Kier alpha value is -3.61. The van der Waals surface area contributed by atoms with E-state index in [2.05, 4.69) is 5.32 Å². The summed E-state index contributed by atoms with van der Waals surface area (Å²) in [6, 6.07) is 14.7. The van der Waals surface area contributed by atoms with Gasteiger partial charge in [-0.05, 0) is 36.8 Å². The van der Waals surface area contributed by atoms with Crippen LogP contribution in [0.4, 0.5) is 11.4 Å².